The van der Waals surface area contributed by atoms with E-state index in [4.69, 9.17) is 40.1 Å². The lowest BCUT2D eigenvalue weighted by Crippen LogP contribution is -2.61. The number of rotatable bonds is 44. The van der Waals surface area contributed by atoms with Gasteiger partial charge in [-0.15, -0.1) is 0 Å². The number of carbonyl (C=O) groups excluding carboxylic acids is 14. The molecule has 0 saturated carbocycles. The molecular formula is C56H101N23O17. The second-order valence-electron chi connectivity index (χ2n) is 23.1. The molecule has 40 nitrogen and oxygen atoms in total. The Balaban J connectivity index is 3.40. The van der Waals surface area contributed by atoms with Crippen LogP contribution in [0.15, 0.2) is 15.0 Å². The molecule has 0 spiro atoms. The van der Waals surface area contributed by atoms with E-state index in [1.54, 1.807) is 27.7 Å². The SMILES string of the molecule is CC[C@H](C)[C@H](NC(=O)CNC(=O)[C@@H]1CCCN1C(C)=O)C(=O)N[C@@H](CCCN=C(N)N)C(=O)N[C@@H](CC(C)C)C(=O)N[C@@H](CCCN=C(N)N)C(=O)N[C@@H](CO)C(=O)NCC(=O)N[C@@H](CCCN=C(N)N)C(=O)N[C@@H](CO)C(=O)N[C@H](C(=O)NCC(=O)N[C@@H](C)C(N)=O)[C@@H](C)O. The maximum Gasteiger partial charge on any atom is 0.245 e. The highest BCUT2D eigenvalue weighted by Gasteiger charge is 2.37. The molecule has 96 heavy (non-hydrogen) atoms. The van der Waals surface area contributed by atoms with Crippen LogP contribution >= 0.6 is 0 Å². The van der Waals surface area contributed by atoms with E-state index in [2.05, 4.69) is 78.8 Å². The van der Waals surface area contributed by atoms with Gasteiger partial charge in [-0.2, -0.15) is 0 Å². The second-order valence-corrected chi connectivity index (χ2v) is 23.1. The van der Waals surface area contributed by atoms with Crippen LogP contribution in [0.3, 0.4) is 0 Å². The van der Waals surface area contributed by atoms with Gasteiger partial charge in [0.05, 0.1) is 39.0 Å². The summed E-state index contributed by atoms with van der Waals surface area (Å²) in [4.78, 5) is 199. The topological polar surface area (TPSA) is 666 Å². The van der Waals surface area contributed by atoms with Crippen LogP contribution in [-0.2, 0) is 67.1 Å². The van der Waals surface area contributed by atoms with E-state index in [1.165, 1.54) is 18.7 Å². The number of hydrogen-bond acceptors (Lipinski definition) is 20. The van der Waals surface area contributed by atoms with E-state index in [1.807, 2.05) is 0 Å². The largest absolute Gasteiger partial charge is 0.394 e. The summed E-state index contributed by atoms with van der Waals surface area (Å²) in [6.07, 6.45) is -0.695. The van der Waals surface area contributed by atoms with Crippen molar-refractivity contribution in [1.82, 2.24) is 68.7 Å². The number of aliphatic hydroxyl groups is 3. The molecule has 1 heterocycles. The third-order valence-corrected chi connectivity index (χ3v) is 14.6. The molecule has 0 bridgehead atoms. The van der Waals surface area contributed by atoms with E-state index in [0.29, 0.717) is 25.8 Å². The minimum atomic E-state index is -1.83. The lowest BCUT2D eigenvalue weighted by molar-refractivity contribution is -0.137. The van der Waals surface area contributed by atoms with E-state index in [0.717, 1.165) is 6.92 Å². The number of nitrogens with one attached hydrogen (secondary N) is 12. The molecule has 1 saturated heterocycles. The Labute approximate surface area is 555 Å². The van der Waals surface area contributed by atoms with Crippen LogP contribution in [0.4, 0.5) is 0 Å². The van der Waals surface area contributed by atoms with Gasteiger partial charge >= 0.3 is 0 Å². The van der Waals surface area contributed by atoms with Crippen LogP contribution in [0.2, 0.25) is 0 Å². The van der Waals surface area contributed by atoms with E-state index in [9.17, 15) is 82.4 Å². The number of nitrogens with two attached hydrogens (primary N) is 7. The Morgan fingerprint density at radius 3 is 1.31 bits per heavy atom. The second kappa shape index (κ2) is 44.0. The molecule has 542 valence electrons. The summed E-state index contributed by atoms with van der Waals surface area (Å²) in [5.41, 5.74) is 38.0. The monoisotopic (exact) mass is 1370 g/mol. The molecule has 1 aliphatic rings. The maximum atomic E-state index is 14.4. The summed E-state index contributed by atoms with van der Waals surface area (Å²) in [6, 6.07) is -14.4. The Hall–Kier alpha value is -9.73. The standard InChI is InChI=1S/C56H101N23O17/c1-8-28(4)42(77-41(86)24-68-51(94)38-16-12-20-79(38)31(7)83)53(96)73-34(15-11-19-66-56(62)63)47(90)74-35(21-27(2)3)49(92)72-33(14-10-18-65-55(60)61)48(91)75-36(25-80)45(88)67-23-40(85)71-32(13-9-17-64-54(58)59)46(89)76-37(26-81)50(93)78-43(30(6)82)52(95)69-22-39(84)70-29(5)44(57)87/h27-30,32-38,42-43,80-82H,8-26H2,1-7H3,(H2,57,87)(H,67,88)(H,68,94)(H,69,95)(H,70,84)(H,71,85)(H,72,92)(H,73,96)(H,74,90)(H,75,91)(H,76,89)(H,77,86)(H,78,93)(H4,58,59,64)(H4,60,61,65)(H4,62,63,66)/t28-,29-,30+,32-,33-,34-,35-,36-,37-,38-,42-,43-/m0/s1. The molecule has 40 heteroatoms. The number of aliphatic imine (C=N–C) groups is 3. The zero-order valence-electron chi connectivity index (χ0n) is 55.3. The number of likely N-dealkylation sites (tertiary alicyclic amines) is 1. The van der Waals surface area contributed by atoms with Gasteiger partial charge in [-0.05, 0) is 83.5 Å². The molecule has 12 atom stereocenters. The predicted octanol–water partition coefficient (Wildman–Crippen LogP) is -11.2. The zero-order chi connectivity index (χ0) is 72.9. The smallest absolute Gasteiger partial charge is 0.245 e. The van der Waals surface area contributed by atoms with Crippen LogP contribution in [0.5, 0.6) is 0 Å². The van der Waals surface area contributed by atoms with Crippen molar-refractivity contribution in [3.05, 3.63) is 0 Å². The highest BCUT2D eigenvalue weighted by Crippen LogP contribution is 2.18. The van der Waals surface area contributed by atoms with E-state index in [-0.39, 0.29) is 94.3 Å². The van der Waals surface area contributed by atoms with Crippen LogP contribution < -0.4 is 104 Å². The third-order valence-electron chi connectivity index (χ3n) is 14.6. The summed E-state index contributed by atoms with van der Waals surface area (Å²) in [5.74, 6) is -14.3. The van der Waals surface area contributed by atoms with Gasteiger partial charge in [0.1, 0.15) is 60.4 Å². The van der Waals surface area contributed by atoms with Crippen molar-refractivity contribution in [1.29, 1.82) is 0 Å². The summed E-state index contributed by atoms with van der Waals surface area (Å²) in [6.45, 7) is 6.52. The van der Waals surface area contributed by atoms with Gasteiger partial charge < -0.3 is 124 Å². The van der Waals surface area contributed by atoms with Gasteiger partial charge in [0, 0.05) is 33.1 Å². The first kappa shape index (κ1) is 84.3. The lowest BCUT2D eigenvalue weighted by Gasteiger charge is -2.29. The number of guanidine groups is 3. The molecule has 0 aromatic heterocycles. The Morgan fingerprint density at radius 2 is 0.875 bits per heavy atom. The third kappa shape index (κ3) is 32.4. The predicted molar refractivity (Wildman–Crippen MR) is 346 cm³/mol. The maximum absolute atomic E-state index is 14.4. The molecule has 0 radical (unpaired) electrons. The van der Waals surface area contributed by atoms with Crippen LogP contribution in [0.1, 0.15) is 113 Å². The van der Waals surface area contributed by atoms with Gasteiger partial charge in [-0.3, -0.25) is 82.1 Å². The fraction of sp³-hybridized carbons (Fsp3) is 0.696. The van der Waals surface area contributed by atoms with Crippen molar-refractivity contribution in [3.8, 4) is 0 Å². The van der Waals surface area contributed by atoms with Gasteiger partial charge in [-0.25, -0.2) is 0 Å². The van der Waals surface area contributed by atoms with E-state index < -0.39 is 182 Å². The van der Waals surface area contributed by atoms with Crippen molar-refractivity contribution < 1.29 is 82.4 Å². The van der Waals surface area contributed by atoms with Crippen molar-refractivity contribution in [3.63, 3.8) is 0 Å². The number of nitrogens with zero attached hydrogens (tertiary/aromatic N) is 4. The first-order valence-corrected chi connectivity index (χ1v) is 31.2. The summed E-state index contributed by atoms with van der Waals surface area (Å²) in [5, 5.41) is 59.4. The minimum absolute atomic E-state index is 0.00954. The van der Waals surface area contributed by atoms with Gasteiger partial charge in [0.15, 0.2) is 17.9 Å². The molecular weight excluding hydrogens is 1270 g/mol. The highest BCUT2D eigenvalue weighted by atomic mass is 16.3. The fourth-order valence-electron chi connectivity index (χ4n) is 9.22. The molecule has 0 aromatic rings. The fourth-order valence-corrected chi connectivity index (χ4v) is 9.22. The molecule has 1 fully saturated rings. The molecule has 0 unspecified atom stereocenters. The number of amides is 14. The molecule has 0 aromatic carbocycles. The van der Waals surface area contributed by atoms with Crippen LogP contribution in [0, 0.1) is 11.8 Å². The molecule has 1 aliphatic heterocycles. The van der Waals surface area contributed by atoms with Gasteiger partial charge in [0.25, 0.3) is 0 Å². The summed E-state index contributed by atoms with van der Waals surface area (Å²) < 4.78 is 0. The van der Waals surface area contributed by atoms with Crippen molar-refractivity contribution in [2.24, 2.45) is 66.9 Å². The Bertz CT molecular complexity index is 2760. The van der Waals surface area contributed by atoms with Crippen molar-refractivity contribution in [2.45, 2.75) is 179 Å². The Morgan fingerprint density at radius 1 is 0.479 bits per heavy atom. The van der Waals surface area contributed by atoms with Gasteiger partial charge in [-0.1, -0.05) is 34.1 Å². The summed E-state index contributed by atoms with van der Waals surface area (Å²) in [7, 11) is 0. The average molecular weight is 1370 g/mol. The first-order valence-electron chi connectivity index (χ1n) is 31.2. The number of carbonyl (C=O) groups is 14. The van der Waals surface area contributed by atoms with Crippen molar-refractivity contribution >= 4 is 101 Å². The van der Waals surface area contributed by atoms with Crippen LogP contribution in [-0.4, -0.2) is 246 Å². The zero-order valence-corrected chi connectivity index (χ0v) is 55.3. The average Bonchev–Trinajstić information content (AvgIpc) is 1.47. The molecule has 0 aliphatic carbocycles. The Kier molecular flexibility index (Phi) is 38.7. The first-order chi connectivity index (χ1) is 45.1. The van der Waals surface area contributed by atoms with Gasteiger partial charge in [0.2, 0.25) is 82.7 Å². The minimum Gasteiger partial charge on any atom is -0.394 e. The molecule has 14 amide bonds. The normalized spacial score (nSPS) is 15.9. The number of aliphatic hydroxyl groups excluding tert-OH is 3. The number of hydrogen-bond donors (Lipinski definition) is 22. The summed E-state index contributed by atoms with van der Waals surface area (Å²) >= 11 is 0. The quantitative estimate of drug-likeness (QED) is 0.0153. The van der Waals surface area contributed by atoms with Crippen LogP contribution in [0.25, 0.3) is 0 Å². The molecule has 1 rings (SSSR count). The molecule has 29 N–H and O–H groups in total. The highest BCUT2D eigenvalue weighted by molar-refractivity contribution is 5.99. The number of primary amides is 1. The lowest BCUT2D eigenvalue weighted by atomic mass is 9.97. The van der Waals surface area contributed by atoms with E-state index >= 15 is 0 Å². The van der Waals surface area contributed by atoms with Crippen molar-refractivity contribution in [2.75, 3.05) is 59.0 Å².